The third-order valence-corrected chi connectivity index (χ3v) is 10.3. The van der Waals surface area contributed by atoms with Gasteiger partial charge in [0.05, 0.1) is 12.3 Å². The first-order valence-electron chi connectivity index (χ1n) is 18.7. The smallest absolute Gasteiger partial charge is 0.379 e. The van der Waals surface area contributed by atoms with Gasteiger partial charge in [-0.05, 0) is 76.5 Å². The largest absolute Gasteiger partial charge is 0.424 e. The molecule has 1 aromatic carbocycles. The zero-order valence-corrected chi connectivity index (χ0v) is 32.5. The fraction of sp³-hybridized carbons (Fsp3) is 0.439. The molecule has 0 saturated carbocycles. The maximum absolute atomic E-state index is 15.2. The number of benzene rings is 1. The Labute approximate surface area is 322 Å². The van der Waals surface area contributed by atoms with Crippen LogP contribution in [0, 0.1) is 0 Å². The number of carbonyl (C=O) groups is 1. The molecular weight excluding hydrogens is 729 g/mol. The van der Waals surface area contributed by atoms with Gasteiger partial charge in [0.1, 0.15) is 17.7 Å². The number of allylic oxidation sites excluding steroid dienone is 12. The third kappa shape index (κ3) is 16.1. The summed E-state index contributed by atoms with van der Waals surface area (Å²) in [5.74, 6) is -4.07. The highest BCUT2D eigenvalue weighted by molar-refractivity contribution is 7.54. The van der Waals surface area contributed by atoms with E-state index in [-0.39, 0.29) is 43.0 Å². The lowest BCUT2D eigenvalue weighted by atomic mass is 10.1. The van der Waals surface area contributed by atoms with Gasteiger partial charge in [-0.25, -0.2) is 9.36 Å². The van der Waals surface area contributed by atoms with Crippen molar-refractivity contribution in [3.8, 4) is 5.75 Å². The Morgan fingerprint density at radius 3 is 2.11 bits per heavy atom. The number of anilines is 1. The molecule has 1 aliphatic rings. The number of rotatable bonds is 24. The molecule has 300 valence electrons. The minimum atomic E-state index is -4.06. The van der Waals surface area contributed by atoms with Crippen molar-refractivity contribution in [3.63, 3.8) is 0 Å². The van der Waals surface area contributed by atoms with E-state index in [1.165, 1.54) is 6.92 Å². The Bertz CT molecular complexity index is 1740. The fourth-order valence-corrected chi connectivity index (χ4v) is 7.27. The summed E-state index contributed by atoms with van der Waals surface area (Å²) in [5.41, 5.74) is 4.38. The lowest BCUT2D eigenvalue weighted by Crippen LogP contribution is -2.43. The molecule has 1 saturated heterocycles. The Balaban J connectivity index is 1.39. The standard InChI is InChI=1S/C41H55F2N4O7P/c1-3-4-5-6-7-8-9-10-11-12-13-14-15-16-17-18-19-20-24-28-36(48)45-30-25-32-55(51,54-34-26-22-21-23-27-34)53-33(2)37-38(49)41(42,43)39(52-37)47-31-29-35(44)46-40(47)50/h4-5,7-8,10-11,13-14,16-17,19-23,26-27,29,31,33,37-39,49H,3,6,9,12,15,18,24-25,28,30,32H2,1-2H3,(H,45,48)(H2,44,46,50)/b5-4-,8-7-,11-10-,14-13-,17-16-,20-19-/t33?,37-,38-,39-,55?/m1/s1. The molecule has 1 aromatic heterocycles. The van der Waals surface area contributed by atoms with E-state index in [0.717, 1.165) is 50.8 Å². The molecule has 11 nitrogen and oxygen atoms in total. The van der Waals surface area contributed by atoms with E-state index in [1.54, 1.807) is 30.3 Å². The molecule has 2 aromatic rings. The normalized spacial score (nSPS) is 20.4. The van der Waals surface area contributed by atoms with Crippen LogP contribution in [0.2, 0.25) is 0 Å². The number of nitrogen functional groups attached to an aromatic ring is 1. The predicted molar refractivity (Wildman–Crippen MR) is 213 cm³/mol. The highest BCUT2D eigenvalue weighted by Crippen LogP contribution is 2.52. The number of carbonyl (C=O) groups excluding carboxylic acids is 1. The number of alkyl halides is 2. The Morgan fingerprint density at radius 2 is 1.55 bits per heavy atom. The Kier molecular flexibility index (Phi) is 19.8. The molecule has 0 aliphatic carbocycles. The number of halogens is 2. The zero-order valence-electron chi connectivity index (χ0n) is 31.6. The number of ether oxygens (including phenoxy) is 1. The average molecular weight is 785 g/mol. The molecule has 2 heterocycles. The van der Waals surface area contributed by atoms with Gasteiger partial charge in [0.15, 0.2) is 6.10 Å². The highest BCUT2D eigenvalue weighted by atomic mass is 31.2. The summed E-state index contributed by atoms with van der Waals surface area (Å²) in [6, 6.07) is 9.32. The van der Waals surface area contributed by atoms with Crippen LogP contribution in [0.4, 0.5) is 14.6 Å². The molecule has 3 rings (SSSR count). The minimum absolute atomic E-state index is 0.165. The monoisotopic (exact) mass is 784 g/mol. The van der Waals surface area contributed by atoms with Crippen LogP contribution < -0.4 is 21.3 Å². The summed E-state index contributed by atoms with van der Waals surface area (Å²) in [6.07, 6.45) is 25.1. The fourth-order valence-electron chi connectivity index (χ4n) is 5.42. The molecule has 1 amide bonds. The number of nitrogens with zero attached hydrogens (tertiary/aromatic N) is 2. The number of aromatic nitrogens is 2. The van der Waals surface area contributed by atoms with Crippen LogP contribution in [0.5, 0.6) is 5.75 Å². The van der Waals surface area contributed by atoms with Crippen LogP contribution in [0.3, 0.4) is 0 Å². The Hall–Kier alpha value is -4.42. The van der Waals surface area contributed by atoms with Crippen molar-refractivity contribution in [1.82, 2.24) is 14.9 Å². The van der Waals surface area contributed by atoms with Crippen molar-refractivity contribution in [2.75, 3.05) is 18.4 Å². The summed E-state index contributed by atoms with van der Waals surface area (Å²) in [7, 11) is -4.06. The first-order chi connectivity index (χ1) is 26.5. The van der Waals surface area contributed by atoms with Crippen LogP contribution in [0.25, 0.3) is 0 Å². The van der Waals surface area contributed by atoms with Crippen LogP contribution in [-0.2, 0) is 18.6 Å². The van der Waals surface area contributed by atoms with Crippen molar-refractivity contribution in [2.24, 2.45) is 0 Å². The molecule has 14 heteroatoms. The van der Waals surface area contributed by atoms with Gasteiger partial charge < -0.3 is 25.4 Å². The summed E-state index contributed by atoms with van der Waals surface area (Å²) in [5, 5.41) is 13.3. The molecule has 5 atom stereocenters. The van der Waals surface area contributed by atoms with E-state index in [2.05, 4.69) is 78.0 Å². The number of hydrogen-bond acceptors (Lipinski definition) is 9. The molecule has 0 radical (unpaired) electrons. The van der Waals surface area contributed by atoms with Crippen LogP contribution in [0.1, 0.15) is 77.9 Å². The second-order valence-corrected chi connectivity index (χ2v) is 14.9. The number of nitrogens with one attached hydrogen (secondary N) is 1. The zero-order chi connectivity index (χ0) is 39.9. The van der Waals surface area contributed by atoms with Crippen LogP contribution in [0.15, 0.2) is 120 Å². The van der Waals surface area contributed by atoms with E-state index >= 15 is 8.78 Å². The summed E-state index contributed by atoms with van der Waals surface area (Å²) >= 11 is 0. The van der Waals surface area contributed by atoms with Gasteiger partial charge >= 0.3 is 19.2 Å². The van der Waals surface area contributed by atoms with Gasteiger partial charge in [-0.2, -0.15) is 13.8 Å². The van der Waals surface area contributed by atoms with Crippen LogP contribution in [-0.4, -0.2) is 57.5 Å². The van der Waals surface area contributed by atoms with Crippen molar-refractivity contribution >= 4 is 19.3 Å². The van der Waals surface area contributed by atoms with Gasteiger partial charge in [0.25, 0.3) is 0 Å². The van der Waals surface area contributed by atoms with E-state index in [0.29, 0.717) is 11.0 Å². The Morgan fingerprint density at radius 1 is 0.982 bits per heavy atom. The maximum atomic E-state index is 15.2. The minimum Gasteiger partial charge on any atom is -0.424 e. The summed E-state index contributed by atoms with van der Waals surface area (Å²) in [4.78, 5) is 28.1. The molecule has 55 heavy (non-hydrogen) atoms. The number of aliphatic hydroxyl groups excluding tert-OH is 1. The predicted octanol–water partition coefficient (Wildman–Crippen LogP) is 8.38. The SMILES string of the molecule is CC/C=C\C/C=C\C/C=C\C/C=C\C/C=C\C/C=C\CCC(=O)NCCCP(=O)(Oc1ccccc1)OC(C)[C@H]1O[C@@H](n2ccc(N)nc2=O)C(F)(F)[C@@H]1O. The molecule has 1 fully saturated rings. The van der Waals surface area contributed by atoms with Gasteiger partial charge in [-0.1, -0.05) is 98.0 Å². The summed E-state index contributed by atoms with van der Waals surface area (Å²) in [6.45, 7) is 3.61. The first kappa shape index (κ1) is 45.0. The second kappa shape index (κ2) is 24.2. The number of amides is 1. The second-order valence-electron chi connectivity index (χ2n) is 12.8. The van der Waals surface area contributed by atoms with Gasteiger partial charge in [-0.3, -0.25) is 13.9 Å². The molecule has 0 bridgehead atoms. The van der Waals surface area contributed by atoms with E-state index in [9.17, 15) is 19.3 Å². The molecule has 2 unspecified atom stereocenters. The quantitative estimate of drug-likeness (QED) is 0.0541. The topological polar surface area (TPSA) is 155 Å². The van der Waals surface area contributed by atoms with Crippen molar-refractivity contribution in [2.45, 2.75) is 102 Å². The molecular formula is C41H55F2N4O7P. The lowest BCUT2D eigenvalue weighted by Gasteiger charge is -2.27. The summed E-state index contributed by atoms with van der Waals surface area (Å²) < 4.78 is 61.8. The van der Waals surface area contributed by atoms with Gasteiger partial charge in [0, 0.05) is 19.2 Å². The highest BCUT2D eigenvalue weighted by Gasteiger charge is 2.61. The number of para-hydroxylation sites is 1. The van der Waals surface area contributed by atoms with Gasteiger partial charge in [0.2, 0.25) is 12.1 Å². The van der Waals surface area contributed by atoms with Crippen LogP contribution >= 0.6 is 7.60 Å². The van der Waals surface area contributed by atoms with Gasteiger partial charge in [-0.15, -0.1) is 0 Å². The average Bonchev–Trinajstić information content (AvgIpc) is 3.39. The third-order valence-electron chi connectivity index (χ3n) is 8.27. The van der Waals surface area contributed by atoms with E-state index < -0.39 is 43.7 Å². The molecule has 4 N–H and O–H groups in total. The van der Waals surface area contributed by atoms with Crippen molar-refractivity contribution in [1.29, 1.82) is 0 Å². The maximum Gasteiger partial charge on any atom is 0.379 e. The molecule has 0 spiro atoms. The van der Waals surface area contributed by atoms with E-state index in [4.69, 9.17) is 19.5 Å². The van der Waals surface area contributed by atoms with Crippen molar-refractivity contribution < 1.29 is 37.0 Å². The first-order valence-corrected chi connectivity index (χ1v) is 20.4. The lowest BCUT2D eigenvalue weighted by molar-refractivity contribution is -0.141. The van der Waals surface area contributed by atoms with Crippen molar-refractivity contribution in [3.05, 3.63) is 126 Å². The molecule has 1 aliphatic heterocycles. The van der Waals surface area contributed by atoms with E-state index in [1.807, 2.05) is 12.2 Å². The number of aliphatic hydroxyl groups is 1. The number of nitrogens with two attached hydrogens (primary N) is 1. The number of hydrogen-bond donors (Lipinski definition) is 3.